The highest BCUT2D eigenvalue weighted by molar-refractivity contribution is 5.76. The van der Waals surface area contributed by atoms with Crippen molar-refractivity contribution in [1.29, 1.82) is 0 Å². The molecule has 124 valence electrons. The third kappa shape index (κ3) is 3.48. The van der Waals surface area contributed by atoms with Gasteiger partial charge in [-0.15, -0.1) is 0 Å². The number of hydrogen-bond acceptors (Lipinski definition) is 1. The zero-order valence-electron chi connectivity index (χ0n) is 14.5. The summed E-state index contributed by atoms with van der Waals surface area (Å²) in [5.41, 5.74) is 6.28. The maximum Gasteiger partial charge on any atom is 0.110 e. The van der Waals surface area contributed by atoms with E-state index in [1.165, 1.54) is 22.2 Å². The zero-order chi connectivity index (χ0) is 17.1. The van der Waals surface area contributed by atoms with Crippen LogP contribution in [0.4, 0.5) is 0 Å². The fourth-order valence-electron chi connectivity index (χ4n) is 3.39. The van der Waals surface area contributed by atoms with Crippen LogP contribution in [-0.2, 0) is 19.4 Å². The van der Waals surface area contributed by atoms with Gasteiger partial charge in [-0.25, -0.2) is 4.98 Å². The monoisotopic (exact) mass is 326 g/mol. The van der Waals surface area contributed by atoms with Crippen molar-refractivity contribution in [3.63, 3.8) is 0 Å². The van der Waals surface area contributed by atoms with Crippen LogP contribution in [0.15, 0.2) is 78.9 Å². The first-order valence-electron chi connectivity index (χ1n) is 8.83. The second kappa shape index (κ2) is 6.94. The lowest BCUT2D eigenvalue weighted by Crippen LogP contribution is -2.06. The Morgan fingerprint density at radius 1 is 0.760 bits per heavy atom. The van der Waals surface area contributed by atoms with Gasteiger partial charge >= 0.3 is 0 Å². The van der Waals surface area contributed by atoms with Gasteiger partial charge in [0, 0.05) is 13.0 Å². The predicted molar refractivity (Wildman–Crippen MR) is 104 cm³/mol. The van der Waals surface area contributed by atoms with Gasteiger partial charge in [-0.1, -0.05) is 72.3 Å². The molecule has 0 unspecified atom stereocenters. The van der Waals surface area contributed by atoms with Crippen molar-refractivity contribution in [3.8, 4) is 0 Å². The maximum absolute atomic E-state index is 4.91. The minimum atomic E-state index is 0.867. The van der Waals surface area contributed by atoms with Crippen molar-refractivity contribution in [2.75, 3.05) is 0 Å². The van der Waals surface area contributed by atoms with E-state index < -0.39 is 0 Å². The number of imidazole rings is 1. The fourth-order valence-corrected chi connectivity index (χ4v) is 3.39. The second-order valence-electron chi connectivity index (χ2n) is 6.58. The van der Waals surface area contributed by atoms with Gasteiger partial charge in [-0.05, 0) is 36.6 Å². The number of fused-ring (bicyclic) bond motifs is 1. The van der Waals surface area contributed by atoms with E-state index in [0.717, 1.165) is 30.7 Å². The molecule has 4 aromatic rings. The quantitative estimate of drug-likeness (QED) is 0.494. The molecule has 25 heavy (non-hydrogen) atoms. The first kappa shape index (κ1) is 15.6. The molecule has 0 bridgehead atoms. The molecule has 3 aromatic carbocycles. The van der Waals surface area contributed by atoms with E-state index in [1.807, 2.05) is 0 Å². The Balaban J connectivity index is 1.68. The van der Waals surface area contributed by atoms with Gasteiger partial charge in [0.1, 0.15) is 5.82 Å². The summed E-state index contributed by atoms with van der Waals surface area (Å²) in [5, 5.41) is 0. The molecule has 0 saturated heterocycles. The van der Waals surface area contributed by atoms with Crippen molar-refractivity contribution >= 4 is 11.0 Å². The molecule has 2 heteroatoms. The Bertz CT molecular complexity index is 983. The minimum absolute atomic E-state index is 0.867. The van der Waals surface area contributed by atoms with Crippen LogP contribution in [0.5, 0.6) is 0 Å². The first-order valence-corrected chi connectivity index (χ1v) is 8.83. The summed E-state index contributed by atoms with van der Waals surface area (Å²) in [7, 11) is 0. The summed E-state index contributed by atoms with van der Waals surface area (Å²) in [5.74, 6) is 1.16. The molecule has 0 saturated carbocycles. The van der Waals surface area contributed by atoms with Gasteiger partial charge in [0.05, 0.1) is 11.0 Å². The number of aryl methyl sites for hydroxylation is 3. The van der Waals surface area contributed by atoms with Gasteiger partial charge in [-0.3, -0.25) is 0 Å². The SMILES string of the molecule is Cc1cccc(Cn2c(CCc3ccccc3)nc3ccccc32)c1. The van der Waals surface area contributed by atoms with Gasteiger partial charge in [-0.2, -0.15) is 0 Å². The average molecular weight is 326 g/mol. The number of aromatic nitrogens is 2. The van der Waals surface area contributed by atoms with Crippen LogP contribution < -0.4 is 0 Å². The van der Waals surface area contributed by atoms with E-state index >= 15 is 0 Å². The lowest BCUT2D eigenvalue weighted by molar-refractivity contribution is 0.729. The molecule has 1 heterocycles. The molecule has 0 aliphatic heterocycles. The van der Waals surface area contributed by atoms with E-state index in [2.05, 4.69) is 90.4 Å². The lowest BCUT2D eigenvalue weighted by atomic mass is 10.1. The van der Waals surface area contributed by atoms with Crippen molar-refractivity contribution in [1.82, 2.24) is 9.55 Å². The Labute approximate surface area is 148 Å². The zero-order valence-corrected chi connectivity index (χ0v) is 14.5. The molecular formula is C23H22N2. The molecule has 0 fully saturated rings. The summed E-state index contributed by atoms with van der Waals surface area (Å²) < 4.78 is 2.37. The predicted octanol–water partition coefficient (Wildman–Crippen LogP) is 5.18. The Kier molecular flexibility index (Phi) is 4.34. The summed E-state index contributed by atoms with van der Waals surface area (Å²) in [6.45, 7) is 3.01. The topological polar surface area (TPSA) is 17.8 Å². The molecule has 0 radical (unpaired) electrons. The van der Waals surface area contributed by atoms with E-state index in [0.29, 0.717) is 0 Å². The number of hydrogen-bond donors (Lipinski definition) is 0. The molecule has 0 N–H and O–H groups in total. The Morgan fingerprint density at radius 3 is 2.36 bits per heavy atom. The maximum atomic E-state index is 4.91. The van der Waals surface area contributed by atoms with Crippen LogP contribution >= 0.6 is 0 Å². The van der Waals surface area contributed by atoms with Crippen LogP contribution in [0.25, 0.3) is 11.0 Å². The summed E-state index contributed by atoms with van der Waals surface area (Å²) in [6.07, 6.45) is 1.96. The molecule has 2 nitrogen and oxygen atoms in total. The van der Waals surface area contributed by atoms with Crippen LogP contribution in [0.2, 0.25) is 0 Å². The largest absolute Gasteiger partial charge is 0.323 e. The number of rotatable bonds is 5. The van der Waals surface area contributed by atoms with E-state index in [-0.39, 0.29) is 0 Å². The number of nitrogens with zero attached hydrogens (tertiary/aromatic N) is 2. The summed E-state index contributed by atoms with van der Waals surface area (Å²) >= 11 is 0. The summed E-state index contributed by atoms with van der Waals surface area (Å²) in [4.78, 5) is 4.91. The Hall–Kier alpha value is -2.87. The van der Waals surface area contributed by atoms with Crippen molar-refractivity contribution in [3.05, 3.63) is 101 Å². The highest BCUT2D eigenvalue weighted by Crippen LogP contribution is 2.20. The van der Waals surface area contributed by atoms with E-state index in [4.69, 9.17) is 4.98 Å². The lowest BCUT2D eigenvalue weighted by Gasteiger charge is -2.10. The van der Waals surface area contributed by atoms with Crippen molar-refractivity contribution in [2.45, 2.75) is 26.3 Å². The third-order valence-corrected chi connectivity index (χ3v) is 4.64. The highest BCUT2D eigenvalue weighted by Gasteiger charge is 2.11. The van der Waals surface area contributed by atoms with Crippen LogP contribution in [0.3, 0.4) is 0 Å². The van der Waals surface area contributed by atoms with Crippen molar-refractivity contribution < 1.29 is 0 Å². The first-order chi connectivity index (χ1) is 12.3. The summed E-state index contributed by atoms with van der Waals surface area (Å²) in [6, 6.07) is 27.8. The second-order valence-corrected chi connectivity index (χ2v) is 6.58. The van der Waals surface area contributed by atoms with Gasteiger partial charge < -0.3 is 4.57 Å². The third-order valence-electron chi connectivity index (χ3n) is 4.64. The molecule has 0 aliphatic carbocycles. The van der Waals surface area contributed by atoms with Crippen LogP contribution in [-0.4, -0.2) is 9.55 Å². The molecule has 0 aliphatic rings. The van der Waals surface area contributed by atoms with Crippen molar-refractivity contribution in [2.24, 2.45) is 0 Å². The van der Waals surface area contributed by atoms with Gasteiger partial charge in [0.25, 0.3) is 0 Å². The molecular weight excluding hydrogens is 304 g/mol. The average Bonchev–Trinajstić information content (AvgIpc) is 2.99. The minimum Gasteiger partial charge on any atom is -0.323 e. The number of para-hydroxylation sites is 2. The normalized spacial score (nSPS) is 11.1. The van der Waals surface area contributed by atoms with Gasteiger partial charge in [0.2, 0.25) is 0 Å². The molecule has 4 rings (SSSR count). The molecule has 0 atom stereocenters. The number of benzene rings is 3. The van der Waals surface area contributed by atoms with Crippen LogP contribution in [0.1, 0.15) is 22.5 Å². The standard InChI is InChI=1S/C23H22N2/c1-18-8-7-11-20(16-18)17-25-22-13-6-5-12-21(22)24-23(25)15-14-19-9-3-2-4-10-19/h2-13,16H,14-15,17H2,1H3. The Morgan fingerprint density at radius 2 is 1.52 bits per heavy atom. The van der Waals surface area contributed by atoms with Crippen LogP contribution in [0, 0.1) is 6.92 Å². The van der Waals surface area contributed by atoms with E-state index in [1.54, 1.807) is 0 Å². The van der Waals surface area contributed by atoms with Gasteiger partial charge in [0.15, 0.2) is 0 Å². The highest BCUT2D eigenvalue weighted by atomic mass is 15.1. The smallest absolute Gasteiger partial charge is 0.110 e. The van der Waals surface area contributed by atoms with E-state index in [9.17, 15) is 0 Å². The molecule has 0 amide bonds. The molecule has 0 spiro atoms. The molecule has 1 aromatic heterocycles. The fraction of sp³-hybridized carbons (Fsp3) is 0.174.